The fraction of sp³-hybridized carbons (Fsp3) is 1.00. The van der Waals surface area contributed by atoms with E-state index in [4.69, 9.17) is 4.74 Å². The largest absolute Gasteiger partial charge is 0.380 e. The molecule has 17 heavy (non-hydrogen) atoms. The molecule has 1 aliphatic carbocycles. The van der Waals surface area contributed by atoms with Gasteiger partial charge in [0.15, 0.2) is 0 Å². The van der Waals surface area contributed by atoms with Crippen LogP contribution >= 0.6 is 0 Å². The van der Waals surface area contributed by atoms with E-state index < -0.39 is 0 Å². The molecule has 2 nitrogen and oxygen atoms in total. The van der Waals surface area contributed by atoms with E-state index in [1.54, 1.807) is 0 Å². The van der Waals surface area contributed by atoms with Gasteiger partial charge in [-0.1, -0.05) is 25.7 Å². The van der Waals surface area contributed by atoms with Crippen LogP contribution in [0.25, 0.3) is 0 Å². The molecular formula is C15H27NO. The lowest BCUT2D eigenvalue weighted by Crippen LogP contribution is -2.53. The lowest BCUT2D eigenvalue weighted by Gasteiger charge is -2.50. The van der Waals surface area contributed by atoms with Crippen LogP contribution in [0, 0.1) is 11.3 Å². The Balaban J connectivity index is 1.60. The Kier molecular flexibility index (Phi) is 3.72. The Morgan fingerprint density at radius 1 is 0.941 bits per heavy atom. The van der Waals surface area contributed by atoms with Crippen molar-refractivity contribution in [3.8, 4) is 0 Å². The van der Waals surface area contributed by atoms with Crippen molar-refractivity contribution in [1.29, 1.82) is 0 Å². The zero-order valence-corrected chi connectivity index (χ0v) is 11.0. The number of hydrogen-bond acceptors (Lipinski definition) is 2. The summed E-state index contributed by atoms with van der Waals surface area (Å²) in [5.74, 6) is 0.966. The first-order valence-corrected chi connectivity index (χ1v) is 7.70. The number of rotatable bonds is 3. The molecule has 0 bridgehead atoms. The minimum absolute atomic E-state index is 0.565. The first-order valence-electron chi connectivity index (χ1n) is 7.70. The predicted molar refractivity (Wildman–Crippen MR) is 70.1 cm³/mol. The third-order valence-electron chi connectivity index (χ3n) is 5.32. The highest BCUT2D eigenvalue weighted by molar-refractivity contribution is 4.96. The maximum atomic E-state index is 5.61. The molecule has 2 heterocycles. The fourth-order valence-corrected chi connectivity index (χ4v) is 4.19. The summed E-state index contributed by atoms with van der Waals surface area (Å²) in [5.41, 5.74) is 0.565. The Morgan fingerprint density at radius 2 is 1.71 bits per heavy atom. The Labute approximate surface area is 105 Å². The SMILES string of the molecule is C1CCC(C2(CC3CCCCN3)COC2)CC1. The van der Waals surface area contributed by atoms with Crippen LogP contribution < -0.4 is 5.32 Å². The molecule has 1 saturated carbocycles. The van der Waals surface area contributed by atoms with Crippen LogP contribution in [0.3, 0.4) is 0 Å². The van der Waals surface area contributed by atoms with Crippen molar-refractivity contribution in [3.05, 3.63) is 0 Å². The second-order valence-corrected chi connectivity index (χ2v) is 6.54. The van der Waals surface area contributed by atoms with Gasteiger partial charge in [0.05, 0.1) is 13.2 Å². The number of ether oxygens (including phenoxy) is 1. The van der Waals surface area contributed by atoms with Gasteiger partial charge in [0.1, 0.15) is 0 Å². The first kappa shape index (κ1) is 12.0. The summed E-state index contributed by atoms with van der Waals surface area (Å²) in [6.07, 6.45) is 12.9. The van der Waals surface area contributed by atoms with Crippen LogP contribution in [-0.4, -0.2) is 25.8 Å². The van der Waals surface area contributed by atoms with Gasteiger partial charge in [-0.2, -0.15) is 0 Å². The van der Waals surface area contributed by atoms with E-state index >= 15 is 0 Å². The van der Waals surface area contributed by atoms with Crippen LogP contribution in [0.1, 0.15) is 57.8 Å². The molecule has 0 aromatic heterocycles. The van der Waals surface area contributed by atoms with Crippen LogP contribution in [-0.2, 0) is 4.74 Å². The van der Waals surface area contributed by atoms with Crippen LogP contribution in [0.15, 0.2) is 0 Å². The summed E-state index contributed by atoms with van der Waals surface area (Å²) >= 11 is 0. The van der Waals surface area contributed by atoms with Crippen molar-refractivity contribution in [3.63, 3.8) is 0 Å². The normalized spacial score (nSPS) is 34.2. The average Bonchev–Trinajstić information content (AvgIpc) is 2.36. The molecular weight excluding hydrogens is 210 g/mol. The fourth-order valence-electron chi connectivity index (χ4n) is 4.19. The van der Waals surface area contributed by atoms with Crippen molar-refractivity contribution < 1.29 is 4.74 Å². The van der Waals surface area contributed by atoms with Gasteiger partial charge in [0.2, 0.25) is 0 Å². The highest BCUT2D eigenvalue weighted by Gasteiger charge is 2.46. The molecule has 1 unspecified atom stereocenters. The lowest BCUT2D eigenvalue weighted by atomic mass is 9.64. The highest BCUT2D eigenvalue weighted by atomic mass is 16.5. The van der Waals surface area contributed by atoms with Crippen LogP contribution in [0.2, 0.25) is 0 Å². The lowest BCUT2D eigenvalue weighted by molar-refractivity contribution is -0.161. The number of hydrogen-bond donors (Lipinski definition) is 1. The average molecular weight is 237 g/mol. The molecule has 0 aromatic carbocycles. The molecule has 0 radical (unpaired) electrons. The van der Waals surface area contributed by atoms with Crippen molar-refractivity contribution in [2.24, 2.45) is 11.3 Å². The van der Waals surface area contributed by atoms with E-state index in [1.165, 1.54) is 64.3 Å². The molecule has 98 valence electrons. The molecule has 1 atom stereocenters. The van der Waals surface area contributed by atoms with Crippen molar-refractivity contribution in [2.75, 3.05) is 19.8 Å². The Bertz CT molecular complexity index is 237. The summed E-state index contributed by atoms with van der Waals surface area (Å²) in [7, 11) is 0. The molecule has 2 aliphatic heterocycles. The van der Waals surface area contributed by atoms with Gasteiger partial charge < -0.3 is 10.1 Å². The zero-order chi connectivity index (χ0) is 11.6. The molecule has 3 fully saturated rings. The standard InChI is InChI=1S/C15H27NO/c1-2-6-13(7-3-1)15(11-17-12-15)10-14-8-4-5-9-16-14/h13-14,16H,1-12H2. The second-order valence-electron chi connectivity index (χ2n) is 6.54. The Morgan fingerprint density at radius 3 is 2.29 bits per heavy atom. The van der Waals surface area contributed by atoms with Gasteiger partial charge in [-0.05, 0) is 44.6 Å². The first-order chi connectivity index (χ1) is 8.39. The van der Waals surface area contributed by atoms with E-state index in [9.17, 15) is 0 Å². The highest BCUT2D eigenvalue weighted by Crippen LogP contribution is 2.47. The van der Waals surface area contributed by atoms with Gasteiger partial charge in [-0.25, -0.2) is 0 Å². The monoisotopic (exact) mass is 237 g/mol. The number of nitrogens with one attached hydrogen (secondary N) is 1. The van der Waals surface area contributed by atoms with E-state index in [0.29, 0.717) is 5.41 Å². The van der Waals surface area contributed by atoms with Gasteiger partial charge in [0, 0.05) is 11.5 Å². The minimum atomic E-state index is 0.565. The predicted octanol–water partition coefficient (Wildman–Crippen LogP) is 3.12. The molecule has 1 N–H and O–H groups in total. The van der Waals surface area contributed by atoms with E-state index in [1.807, 2.05) is 0 Å². The molecule has 3 aliphatic rings. The van der Waals surface area contributed by atoms with Gasteiger partial charge >= 0.3 is 0 Å². The molecule has 3 rings (SSSR count). The zero-order valence-electron chi connectivity index (χ0n) is 11.0. The smallest absolute Gasteiger partial charge is 0.0548 e. The molecule has 0 aromatic rings. The van der Waals surface area contributed by atoms with Crippen molar-refractivity contribution >= 4 is 0 Å². The van der Waals surface area contributed by atoms with E-state index in [0.717, 1.165) is 25.2 Å². The maximum Gasteiger partial charge on any atom is 0.0548 e. The topological polar surface area (TPSA) is 21.3 Å². The number of piperidine rings is 1. The summed E-state index contributed by atoms with van der Waals surface area (Å²) in [4.78, 5) is 0. The maximum absolute atomic E-state index is 5.61. The second kappa shape index (κ2) is 5.27. The Hall–Kier alpha value is -0.0800. The van der Waals surface area contributed by atoms with Crippen molar-refractivity contribution in [1.82, 2.24) is 5.32 Å². The molecule has 0 spiro atoms. The van der Waals surface area contributed by atoms with Gasteiger partial charge in [-0.3, -0.25) is 0 Å². The van der Waals surface area contributed by atoms with Crippen LogP contribution in [0.5, 0.6) is 0 Å². The summed E-state index contributed by atoms with van der Waals surface area (Å²) in [6.45, 7) is 3.35. The van der Waals surface area contributed by atoms with Gasteiger partial charge in [0.25, 0.3) is 0 Å². The van der Waals surface area contributed by atoms with E-state index in [2.05, 4.69) is 5.32 Å². The third-order valence-corrected chi connectivity index (χ3v) is 5.32. The summed E-state index contributed by atoms with van der Waals surface area (Å²) in [5, 5.41) is 3.73. The molecule has 2 heteroatoms. The third kappa shape index (κ3) is 2.53. The summed E-state index contributed by atoms with van der Waals surface area (Å²) in [6, 6.07) is 0.787. The molecule has 2 saturated heterocycles. The summed E-state index contributed by atoms with van der Waals surface area (Å²) < 4.78 is 5.61. The van der Waals surface area contributed by atoms with Crippen LogP contribution in [0.4, 0.5) is 0 Å². The quantitative estimate of drug-likeness (QED) is 0.814. The molecule has 0 amide bonds. The van der Waals surface area contributed by atoms with E-state index in [-0.39, 0.29) is 0 Å². The van der Waals surface area contributed by atoms with Gasteiger partial charge in [-0.15, -0.1) is 0 Å². The van der Waals surface area contributed by atoms with Crippen molar-refractivity contribution in [2.45, 2.75) is 63.8 Å². The minimum Gasteiger partial charge on any atom is -0.380 e.